The lowest BCUT2D eigenvalue weighted by Crippen LogP contribution is -2.46. The molecule has 1 amide bonds. The van der Waals surface area contributed by atoms with E-state index in [1.165, 1.54) is 51.4 Å². The predicted molar refractivity (Wildman–Crippen MR) is 201 cm³/mol. The third kappa shape index (κ3) is 32.7. The van der Waals surface area contributed by atoms with E-state index in [0.29, 0.717) is 23.9 Å². The van der Waals surface area contributed by atoms with Gasteiger partial charge in [0.1, 0.15) is 13.2 Å². The summed E-state index contributed by atoms with van der Waals surface area (Å²) in [5, 5.41) is 13.7. The summed E-state index contributed by atoms with van der Waals surface area (Å²) in [6.45, 7) is 4.48. The number of carbonyl (C=O) groups is 1. The van der Waals surface area contributed by atoms with E-state index in [-0.39, 0.29) is 25.5 Å². The minimum Gasteiger partial charge on any atom is -0.756 e. The lowest BCUT2D eigenvalue weighted by molar-refractivity contribution is -0.870. The lowest BCUT2D eigenvalue weighted by atomic mass is 10.0. The topological polar surface area (TPSA) is 108 Å². The number of amides is 1. The van der Waals surface area contributed by atoms with Crippen molar-refractivity contribution in [2.45, 2.75) is 142 Å². The third-order valence-corrected chi connectivity index (χ3v) is 8.76. The number of likely N-dealkylation sites (N-methyl/N-ethyl adjacent to an activating group) is 1. The predicted octanol–water partition coefficient (Wildman–Crippen LogP) is 8.88. The van der Waals surface area contributed by atoms with Gasteiger partial charge in [-0.15, -0.1) is 0 Å². The lowest BCUT2D eigenvalue weighted by Gasteiger charge is -2.30. The molecule has 0 fully saturated rings. The largest absolute Gasteiger partial charge is 0.756 e. The number of rotatable bonds is 32. The molecule has 3 atom stereocenters. The quantitative estimate of drug-likeness (QED) is 0.0315. The van der Waals surface area contributed by atoms with Crippen LogP contribution in [0.15, 0.2) is 60.8 Å². The standard InChI is InChI=1S/C39H71N2O6P/c1-6-8-10-12-14-16-18-19-20-21-23-25-27-29-31-33-39(43)40-37(36-47-48(44,45)46-35-34-41(3,4)5)38(42)32-30-28-26-24-22-17-15-13-11-9-7-2/h8,10,14,16,19-20,23,25,29,31,37-38,42H,6-7,9,11-13,15,17-18,21-22,24,26-28,30,32-36H2,1-5H3,(H-,40,43,44,45)/b10-8-,16-14-,20-19-,25-23-,31-29-. The van der Waals surface area contributed by atoms with E-state index in [9.17, 15) is 19.4 Å². The number of hydrogen-bond donors (Lipinski definition) is 2. The maximum Gasteiger partial charge on any atom is 0.268 e. The summed E-state index contributed by atoms with van der Waals surface area (Å²) in [6.07, 6.45) is 38.2. The van der Waals surface area contributed by atoms with Crippen LogP contribution in [0.1, 0.15) is 129 Å². The molecule has 0 aliphatic rings. The summed E-state index contributed by atoms with van der Waals surface area (Å²) >= 11 is 0. The molecule has 0 aromatic rings. The highest BCUT2D eigenvalue weighted by Gasteiger charge is 2.24. The highest BCUT2D eigenvalue weighted by molar-refractivity contribution is 7.45. The fourth-order valence-electron chi connectivity index (χ4n) is 4.81. The first-order chi connectivity index (χ1) is 23.0. The van der Waals surface area contributed by atoms with Crippen LogP contribution in [0.25, 0.3) is 0 Å². The van der Waals surface area contributed by atoms with Gasteiger partial charge in [-0.2, -0.15) is 0 Å². The molecule has 0 aliphatic heterocycles. The Balaban J connectivity index is 4.66. The maximum absolute atomic E-state index is 12.7. The van der Waals surface area contributed by atoms with Crippen molar-refractivity contribution in [3.8, 4) is 0 Å². The van der Waals surface area contributed by atoms with Gasteiger partial charge in [0, 0.05) is 6.42 Å². The summed E-state index contributed by atoms with van der Waals surface area (Å²) in [5.41, 5.74) is 0. The molecule has 48 heavy (non-hydrogen) atoms. The minimum absolute atomic E-state index is 0.00727. The summed E-state index contributed by atoms with van der Waals surface area (Å²) in [7, 11) is 1.23. The second-order valence-electron chi connectivity index (χ2n) is 13.6. The first-order valence-electron chi connectivity index (χ1n) is 18.6. The average molecular weight is 695 g/mol. The van der Waals surface area contributed by atoms with Crippen LogP contribution < -0.4 is 10.2 Å². The summed E-state index contributed by atoms with van der Waals surface area (Å²) in [6, 6.07) is -0.854. The summed E-state index contributed by atoms with van der Waals surface area (Å²) < 4.78 is 23.1. The van der Waals surface area contributed by atoms with E-state index in [2.05, 4.69) is 67.8 Å². The second-order valence-corrected chi connectivity index (χ2v) is 15.0. The van der Waals surface area contributed by atoms with Crippen molar-refractivity contribution >= 4 is 13.7 Å². The van der Waals surface area contributed by atoms with Crippen molar-refractivity contribution in [3.05, 3.63) is 60.8 Å². The van der Waals surface area contributed by atoms with Crippen LogP contribution in [-0.4, -0.2) is 68.5 Å². The number of phosphoric acid groups is 1. The molecule has 0 aliphatic carbocycles. The third-order valence-electron chi connectivity index (χ3n) is 7.80. The Morgan fingerprint density at radius 1 is 0.729 bits per heavy atom. The number of aliphatic hydroxyl groups excluding tert-OH is 1. The average Bonchev–Trinajstić information content (AvgIpc) is 3.02. The van der Waals surface area contributed by atoms with Crippen molar-refractivity contribution in [3.63, 3.8) is 0 Å². The molecule has 2 N–H and O–H groups in total. The zero-order valence-electron chi connectivity index (χ0n) is 31.2. The molecule has 3 unspecified atom stereocenters. The molecule has 9 heteroatoms. The van der Waals surface area contributed by atoms with Crippen molar-refractivity contribution < 1.29 is 32.9 Å². The van der Waals surface area contributed by atoms with Crippen LogP contribution in [-0.2, 0) is 18.4 Å². The number of hydrogen-bond acceptors (Lipinski definition) is 6. The van der Waals surface area contributed by atoms with Gasteiger partial charge >= 0.3 is 0 Å². The summed E-state index contributed by atoms with van der Waals surface area (Å²) in [5.74, 6) is -0.297. The minimum atomic E-state index is -4.58. The van der Waals surface area contributed by atoms with Gasteiger partial charge in [0.15, 0.2) is 0 Å². The van der Waals surface area contributed by atoms with Gasteiger partial charge < -0.3 is 28.8 Å². The Morgan fingerprint density at radius 3 is 1.67 bits per heavy atom. The van der Waals surface area contributed by atoms with E-state index in [1.54, 1.807) is 6.08 Å². The van der Waals surface area contributed by atoms with Gasteiger partial charge in [0.2, 0.25) is 5.91 Å². The van der Waals surface area contributed by atoms with E-state index >= 15 is 0 Å². The molecule has 0 saturated heterocycles. The highest BCUT2D eigenvalue weighted by Crippen LogP contribution is 2.38. The number of carbonyl (C=O) groups excluding carboxylic acids is 1. The molecular formula is C39H71N2O6P. The number of nitrogens with zero attached hydrogens (tertiary/aromatic N) is 1. The van der Waals surface area contributed by atoms with E-state index in [4.69, 9.17) is 9.05 Å². The fraction of sp³-hybridized carbons (Fsp3) is 0.718. The van der Waals surface area contributed by atoms with Gasteiger partial charge in [-0.1, -0.05) is 145 Å². The molecule has 0 bridgehead atoms. The first kappa shape index (κ1) is 46.2. The molecule has 0 saturated carbocycles. The smallest absolute Gasteiger partial charge is 0.268 e. The number of quaternary nitrogens is 1. The molecule has 8 nitrogen and oxygen atoms in total. The Bertz CT molecular complexity index is 970. The monoisotopic (exact) mass is 695 g/mol. The van der Waals surface area contributed by atoms with Crippen LogP contribution in [0.2, 0.25) is 0 Å². The molecular weight excluding hydrogens is 623 g/mol. The van der Waals surface area contributed by atoms with Crippen molar-refractivity contribution in [1.82, 2.24) is 5.32 Å². The molecule has 0 aromatic carbocycles. The molecule has 0 heterocycles. The van der Waals surface area contributed by atoms with Crippen LogP contribution in [0.3, 0.4) is 0 Å². The summed E-state index contributed by atoms with van der Waals surface area (Å²) in [4.78, 5) is 25.1. The molecule has 278 valence electrons. The van der Waals surface area contributed by atoms with Crippen molar-refractivity contribution in [1.29, 1.82) is 0 Å². The molecule has 0 aromatic heterocycles. The molecule has 0 rings (SSSR count). The van der Waals surface area contributed by atoms with Gasteiger partial charge in [-0.05, 0) is 38.5 Å². The Kier molecular flexibility index (Phi) is 30.0. The van der Waals surface area contributed by atoms with E-state index in [0.717, 1.165) is 44.9 Å². The van der Waals surface area contributed by atoms with Gasteiger partial charge in [0.05, 0.1) is 39.9 Å². The molecule has 0 spiro atoms. The van der Waals surface area contributed by atoms with Crippen LogP contribution in [0, 0.1) is 0 Å². The van der Waals surface area contributed by atoms with Gasteiger partial charge in [-0.3, -0.25) is 9.36 Å². The number of allylic oxidation sites excluding steroid dienone is 9. The van der Waals surface area contributed by atoms with Crippen molar-refractivity contribution in [2.75, 3.05) is 40.9 Å². The van der Waals surface area contributed by atoms with Gasteiger partial charge in [-0.25, -0.2) is 0 Å². The Hall–Kier alpha value is -1.80. The normalized spacial score (nSPS) is 15.4. The fourth-order valence-corrected chi connectivity index (χ4v) is 5.53. The second kappa shape index (κ2) is 31.2. The highest BCUT2D eigenvalue weighted by atomic mass is 31.2. The van der Waals surface area contributed by atoms with Crippen molar-refractivity contribution in [2.24, 2.45) is 0 Å². The zero-order valence-corrected chi connectivity index (χ0v) is 32.1. The number of phosphoric ester groups is 1. The van der Waals surface area contributed by atoms with Crippen LogP contribution in [0.4, 0.5) is 0 Å². The SMILES string of the molecule is CC/C=C\C/C=C\C/C=C\C/C=C\C/C=C\CC(=O)NC(COP(=O)([O-])OCC[N+](C)(C)C)C(O)CCCCCCCCCCCCC. The van der Waals surface area contributed by atoms with Crippen LogP contribution >= 0.6 is 7.82 Å². The molecule has 0 radical (unpaired) electrons. The number of unbranched alkanes of at least 4 members (excludes halogenated alkanes) is 10. The maximum atomic E-state index is 12.7. The van der Waals surface area contributed by atoms with E-state index < -0.39 is 20.0 Å². The Labute approximate surface area is 294 Å². The Morgan fingerprint density at radius 2 is 1.19 bits per heavy atom. The number of aliphatic hydroxyl groups is 1. The number of nitrogens with one attached hydrogen (secondary N) is 1. The van der Waals surface area contributed by atoms with Gasteiger partial charge in [0.25, 0.3) is 7.82 Å². The zero-order chi connectivity index (χ0) is 35.8. The first-order valence-corrected chi connectivity index (χ1v) is 20.1. The van der Waals surface area contributed by atoms with Crippen LogP contribution in [0.5, 0.6) is 0 Å². The van der Waals surface area contributed by atoms with E-state index in [1.807, 2.05) is 27.2 Å².